The van der Waals surface area contributed by atoms with Gasteiger partial charge in [-0.2, -0.15) is 0 Å². The van der Waals surface area contributed by atoms with Gasteiger partial charge >= 0.3 is 0 Å². The van der Waals surface area contributed by atoms with Crippen LogP contribution in [0, 0.1) is 5.82 Å². The Morgan fingerprint density at radius 2 is 2.15 bits per heavy atom. The van der Waals surface area contributed by atoms with Gasteiger partial charge < -0.3 is 15.7 Å². The van der Waals surface area contributed by atoms with Crippen LogP contribution in [0.15, 0.2) is 18.2 Å². The molecule has 0 saturated carbocycles. The summed E-state index contributed by atoms with van der Waals surface area (Å²) in [6.07, 6.45) is 0.578. The van der Waals surface area contributed by atoms with E-state index in [-0.39, 0.29) is 23.6 Å². The van der Waals surface area contributed by atoms with E-state index in [9.17, 15) is 19.1 Å². The fourth-order valence-corrected chi connectivity index (χ4v) is 2.51. The standard InChI is InChI=1S/C13H14ClFN2O3/c14-8-3-1-4-9(15)10(8)11(18)17-6-2-5-13(20,7-17)12(16)19/h1,3-4,20H,2,5-7H2,(H2,16,19)/t13-/m0/s1. The zero-order valence-electron chi connectivity index (χ0n) is 10.6. The summed E-state index contributed by atoms with van der Waals surface area (Å²) in [4.78, 5) is 24.7. The first-order chi connectivity index (χ1) is 9.35. The van der Waals surface area contributed by atoms with Crippen molar-refractivity contribution in [3.63, 3.8) is 0 Å². The van der Waals surface area contributed by atoms with Gasteiger partial charge in [0.2, 0.25) is 0 Å². The third-order valence-corrected chi connectivity index (χ3v) is 3.71. The number of amides is 2. The number of β-amino-alcohol motifs (C(OH)–C–C–N with tert-alkyl or cyclic N) is 1. The number of nitrogens with zero attached hydrogens (tertiary/aromatic N) is 1. The number of nitrogens with two attached hydrogens (primary N) is 1. The summed E-state index contributed by atoms with van der Waals surface area (Å²) >= 11 is 5.84. The minimum absolute atomic E-state index is 0.0109. The first kappa shape index (κ1) is 14.7. The number of halogens is 2. The van der Waals surface area contributed by atoms with Gasteiger partial charge in [0, 0.05) is 6.54 Å². The molecule has 1 aliphatic heterocycles. The van der Waals surface area contributed by atoms with Gasteiger partial charge in [-0.3, -0.25) is 9.59 Å². The van der Waals surface area contributed by atoms with E-state index < -0.39 is 23.2 Å². The summed E-state index contributed by atoms with van der Waals surface area (Å²) < 4.78 is 13.7. The largest absolute Gasteiger partial charge is 0.378 e. The van der Waals surface area contributed by atoms with Gasteiger partial charge in [0.15, 0.2) is 5.60 Å². The van der Waals surface area contributed by atoms with Crippen LogP contribution in [-0.2, 0) is 4.79 Å². The lowest BCUT2D eigenvalue weighted by Crippen LogP contribution is -2.57. The predicted octanol–water partition coefficient (Wildman–Crippen LogP) is 0.931. The van der Waals surface area contributed by atoms with E-state index in [1.807, 2.05) is 0 Å². The lowest BCUT2D eigenvalue weighted by molar-refractivity contribution is -0.140. The number of carbonyl (C=O) groups excluding carboxylic acids is 2. The van der Waals surface area contributed by atoms with E-state index >= 15 is 0 Å². The Morgan fingerprint density at radius 3 is 2.75 bits per heavy atom. The van der Waals surface area contributed by atoms with Crippen LogP contribution in [-0.4, -0.2) is 40.5 Å². The summed E-state index contributed by atoms with van der Waals surface area (Å²) in [5.74, 6) is -2.29. The maximum Gasteiger partial charge on any atom is 0.258 e. The molecule has 3 N–H and O–H groups in total. The van der Waals surface area contributed by atoms with Crippen molar-refractivity contribution in [1.82, 2.24) is 4.90 Å². The van der Waals surface area contributed by atoms with Crippen LogP contribution < -0.4 is 5.73 Å². The average molecular weight is 301 g/mol. The second-order valence-electron chi connectivity index (χ2n) is 4.82. The summed E-state index contributed by atoms with van der Waals surface area (Å²) in [5, 5.41) is 10.0. The maximum atomic E-state index is 13.7. The molecule has 7 heteroatoms. The third-order valence-electron chi connectivity index (χ3n) is 3.39. The molecule has 2 rings (SSSR count). The van der Waals surface area contributed by atoms with Crippen LogP contribution in [0.5, 0.6) is 0 Å². The quantitative estimate of drug-likeness (QED) is 0.852. The molecule has 1 heterocycles. The molecule has 2 amide bonds. The monoisotopic (exact) mass is 300 g/mol. The molecule has 0 spiro atoms. The molecule has 0 aromatic heterocycles. The predicted molar refractivity (Wildman–Crippen MR) is 70.7 cm³/mol. The van der Waals surface area contributed by atoms with Gasteiger partial charge in [-0.15, -0.1) is 0 Å². The fourth-order valence-electron chi connectivity index (χ4n) is 2.27. The van der Waals surface area contributed by atoms with Crippen LogP contribution in [0.2, 0.25) is 5.02 Å². The van der Waals surface area contributed by atoms with Crippen molar-refractivity contribution in [1.29, 1.82) is 0 Å². The molecule has 0 aliphatic carbocycles. The van der Waals surface area contributed by atoms with Crippen LogP contribution in [0.3, 0.4) is 0 Å². The highest BCUT2D eigenvalue weighted by atomic mass is 35.5. The summed E-state index contributed by atoms with van der Waals surface area (Å²) in [5.41, 5.74) is 3.10. The van der Waals surface area contributed by atoms with E-state index in [2.05, 4.69) is 0 Å². The van der Waals surface area contributed by atoms with Crippen molar-refractivity contribution in [3.05, 3.63) is 34.6 Å². The van der Waals surface area contributed by atoms with Crippen molar-refractivity contribution in [2.45, 2.75) is 18.4 Å². The number of likely N-dealkylation sites (tertiary alicyclic amines) is 1. The molecule has 1 aliphatic rings. The van der Waals surface area contributed by atoms with Crippen molar-refractivity contribution >= 4 is 23.4 Å². The Bertz CT molecular complexity index is 546. The van der Waals surface area contributed by atoms with Crippen LogP contribution >= 0.6 is 11.6 Å². The minimum atomic E-state index is -1.77. The van der Waals surface area contributed by atoms with E-state index in [0.29, 0.717) is 13.0 Å². The Kier molecular flexibility index (Phi) is 3.96. The molecule has 1 aromatic carbocycles. The Morgan fingerprint density at radius 1 is 1.45 bits per heavy atom. The van der Waals surface area contributed by atoms with Gasteiger partial charge in [0.05, 0.1) is 17.1 Å². The second-order valence-corrected chi connectivity index (χ2v) is 5.23. The summed E-state index contributed by atoms with van der Waals surface area (Å²) in [6.45, 7) is 0.0465. The highest BCUT2D eigenvalue weighted by molar-refractivity contribution is 6.33. The molecule has 1 aromatic rings. The maximum absolute atomic E-state index is 13.7. The zero-order chi connectivity index (χ0) is 14.9. The number of carbonyl (C=O) groups is 2. The molecule has 0 bridgehead atoms. The number of rotatable bonds is 2. The van der Waals surface area contributed by atoms with Gasteiger partial charge in [-0.05, 0) is 25.0 Å². The number of benzene rings is 1. The van der Waals surface area contributed by atoms with Crippen molar-refractivity contribution in [2.75, 3.05) is 13.1 Å². The first-order valence-corrected chi connectivity index (χ1v) is 6.48. The normalized spacial score (nSPS) is 22.6. The fraction of sp³-hybridized carbons (Fsp3) is 0.385. The van der Waals surface area contributed by atoms with E-state index in [4.69, 9.17) is 17.3 Å². The number of piperidine rings is 1. The smallest absolute Gasteiger partial charge is 0.258 e. The van der Waals surface area contributed by atoms with Crippen molar-refractivity contribution in [3.8, 4) is 0 Å². The highest BCUT2D eigenvalue weighted by Crippen LogP contribution is 2.26. The Hall–Kier alpha value is -1.66. The van der Waals surface area contributed by atoms with Crippen LogP contribution in [0.1, 0.15) is 23.2 Å². The number of aliphatic hydroxyl groups is 1. The van der Waals surface area contributed by atoms with Crippen LogP contribution in [0.4, 0.5) is 4.39 Å². The van der Waals surface area contributed by atoms with Gasteiger partial charge in [-0.1, -0.05) is 17.7 Å². The molecule has 1 atom stereocenters. The van der Waals surface area contributed by atoms with E-state index in [0.717, 1.165) is 6.07 Å². The summed E-state index contributed by atoms with van der Waals surface area (Å²) in [6, 6.07) is 3.93. The van der Waals surface area contributed by atoms with E-state index in [1.165, 1.54) is 17.0 Å². The highest BCUT2D eigenvalue weighted by Gasteiger charge is 2.40. The third kappa shape index (κ3) is 2.62. The molecule has 0 radical (unpaired) electrons. The first-order valence-electron chi connectivity index (χ1n) is 6.11. The number of hydrogen-bond donors (Lipinski definition) is 2. The Labute approximate surface area is 120 Å². The van der Waals surface area contributed by atoms with Gasteiger partial charge in [0.1, 0.15) is 5.82 Å². The number of primary amides is 1. The Balaban J connectivity index is 2.28. The molecule has 0 unspecified atom stereocenters. The molecule has 108 valence electrons. The summed E-state index contributed by atoms with van der Waals surface area (Å²) in [7, 11) is 0. The molecular weight excluding hydrogens is 287 g/mol. The lowest BCUT2D eigenvalue weighted by atomic mass is 9.92. The van der Waals surface area contributed by atoms with Crippen LogP contribution in [0.25, 0.3) is 0 Å². The molecule has 1 fully saturated rings. The molecular formula is C13H14ClFN2O3. The van der Waals surface area contributed by atoms with Gasteiger partial charge in [0.25, 0.3) is 11.8 Å². The average Bonchev–Trinajstić information content (AvgIpc) is 2.38. The second kappa shape index (κ2) is 5.38. The minimum Gasteiger partial charge on any atom is -0.378 e. The zero-order valence-corrected chi connectivity index (χ0v) is 11.4. The van der Waals surface area contributed by atoms with Crippen molar-refractivity contribution < 1.29 is 19.1 Å². The molecule has 20 heavy (non-hydrogen) atoms. The van der Waals surface area contributed by atoms with Gasteiger partial charge in [-0.25, -0.2) is 4.39 Å². The van der Waals surface area contributed by atoms with Crippen molar-refractivity contribution in [2.24, 2.45) is 5.73 Å². The number of hydrogen-bond acceptors (Lipinski definition) is 3. The molecule has 5 nitrogen and oxygen atoms in total. The lowest BCUT2D eigenvalue weighted by Gasteiger charge is -2.37. The topological polar surface area (TPSA) is 83.6 Å². The molecule has 1 saturated heterocycles. The van der Waals surface area contributed by atoms with E-state index in [1.54, 1.807) is 0 Å². The SMILES string of the molecule is NC(=O)[C@]1(O)CCCN(C(=O)c2c(F)cccc2Cl)C1.